The number of fused-ring (bicyclic) bond motifs is 1. The van der Waals surface area contributed by atoms with Crippen molar-refractivity contribution in [2.75, 3.05) is 27.1 Å². The van der Waals surface area contributed by atoms with E-state index in [0.29, 0.717) is 22.8 Å². The Labute approximate surface area is 161 Å². The predicted octanol–water partition coefficient (Wildman–Crippen LogP) is 1.30. The molecule has 1 aliphatic heterocycles. The van der Waals surface area contributed by atoms with Gasteiger partial charge in [-0.25, -0.2) is 0 Å². The lowest BCUT2D eigenvalue weighted by molar-refractivity contribution is -0.117. The van der Waals surface area contributed by atoms with Crippen molar-refractivity contribution in [2.45, 2.75) is 0 Å². The zero-order valence-corrected chi connectivity index (χ0v) is 15.2. The van der Waals surface area contributed by atoms with E-state index in [1.54, 1.807) is 42.5 Å². The molecule has 28 heavy (non-hydrogen) atoms. The second-order valence-electron chi connectivity index (χ2n) is 5.80. The lowest BCUT2D eigenvalue weighted by Gasteiger charge is -2.12. The first kappa shape index (κ1) is 19.2. The van der Waals surface area contributed by atoms with E-state index in [1.807, 2.05) is 0 Å². The Morgan fingerprint density at radius 3 is 2.75 bits per heavy atom. The van der Waals surface area contributed by atoms with Crippen LogP contribution in [-0.2, 0) is 4.79 Å². The number of amides is 2. The highest BCUT2D eigenvalue weighted by Gasteiger charge is 2.18. The Bertz CT molecular complexity index is 909. The molecule has 3 rings (SSSR count). The number of ether oxygens (including phenoxy) is 3. The number of carbonyl (C=O) groups is 2. The summed E-state index contributed by atoms with van der Waals surface area (Å²) < 4.78 is 15.8. The van der Waals surface area contributed by atoms with Gasteiger partial charge >= 0.3 is 0 Å². The predicted molar refractivity (Wildman–Crippen MR) is 101 cm³/mol. The molecular weight excluding hydrogens is 364 g/mol. The van der Waals surface area contributed by atoms with E-state index in [4.69, 9.17) is 19.3 Å². The molecular formula is C20H20N2O6. The summed E-state index contributed by atoms with van der Waals surface area (Å²) in [7, 11) is 1.46. The third-order valence-electron chi connectivity index (χ3n) is 3.95. The molecule has 3 N–H and O–H groups in total. The van der Waals surface area contributed by atoms with Crippen LogP contribution in [-0.4, -0.2) is 44.0 Å². The Morgan fingerprint density at radius 1 is 1.18 bits per heavy atom. The molecule has 2 amide bonds. The van der Waals surface area contributed by atoms with Gasteiger partial charge in [0.15, 0.2) is 11.5 Å². The van der Waals surface area contributed by atoms with Gasteiger partial charge in [0.2, 0.25) is 6.79 Å². The van der Waals surface area contributed by atoms with E-state index in [2.05, 4.69) is 10.6 Å². The molecule has 1 heterocycles. The maximum Gasteiger partial charge on any atom is 0.267 e. The minimum Gasteiger partial charge on any atom is -0.496 e. The number of nitrogens with one attached hydrogen (secondary N) is 2. The summed E-state index contributed by atoms with van der Waals surface area (Å²) in [5.74, 6) is 0.526. The van der Waals surface area contributed by atoms with Crippen LogP contribution in [0.3, 0.4) is 0 Å². The molecule has 0 saturated heterocycles. The minimum atomic E-state index is -0.532. The van der Waals surface area contributed by atoms with Crippen LogP contribution < -0.4 is 24.8 Å². The Hall–Kier alpha value is -3.52. The fourth-order valence-electron chi connectivity index (χ4n) is 2.61. The van der Waals surface area contributed by atoms with Crippen LogP contribution in [0.1, 0.15) is 15.9 Å². The normalized spacial score (nSPS) is 12.4. The first-order valence-corrected chi connectivity index (χ1v) is 8.57. The number of aliphatic hydroxyl groups excluding tert-OH is 1. The van der Waals surface area contributed by atoms with Crippen LogP contribution in [0, 0.1) is 0 Å². The highest BCUT2D eigenvalue weighted by atomic mass is 16.7. The first-order valence-electron chi connectivity index (χ1n) is 8.57. The molecule has 0 atom stereocenters. The molecule has 146 valence electrons. The van der Waals surface area contributed by atoms with E-state index in [0.717, 1.165) is 0 Å². The molecule has 0 saturated carbocycles. The van der Waals surface area contributed by atoms with Crippen LogP contribution >= 0.6 is 0 Å². The van der Waals surface area contributed by atoms with Gasteiger partial charge < -0.3 is 30.0 Å². The van der Waals surface area contributed by atoms with Gasteiger partial charge in [0.25, 0.3) is 11.8 Å². The second-order valence-corrected chi connectivity index (χ2v) is 5.80. The Kier molecular flexibility index (Phi) is 6.13. The number of carbonyl (C=O) groups excluding carboxylic acids is 2. The van der Waals surface area contributed by atoms with Crippen LogP contribution in [0.15, 0.2) is 48.2 Å². The zero-order valence-electron chi connectivity index (χ0n) is 15.2. The van der Waals surface area contributed by atoms with Gasteiger partial charge in [-0.15, -0.1) is 0 Å². The van der Waals surface area contributed by atoms with Gasteiger partial charge in [0.05, 0.1) is 19.3 Å². The van der Waals surface area contributed by atoms with Gasteiger partial charge in [-0.3, -0.25) is 9.59 Å². The summed E-state index contributed by atoms with van der Waals surface area (Å²) in [5, 5.41) is 14.1. The molecule has 0 aromatic heterocycles. The van der Waals surface area contributed by atoms with Crippen molar-refractivity contribution in [3.8, 4) is 17.2 Å². The molecule has 0 unspecified atom stereocenters. The number of rotatable bonds is 7. The van der Waals surface area contributed by atoms with Gasteiger partial charge in [-0.1, -0.05) is 18.2 Å². The average molecular weight is 384 g/mol. The number of para-hydroxylation sites is 1. The summed E-state index contributed by atoms with van der Waals surface area (Å²) in [5.41, 5.74) is 0.943. The fraction of sp³-hybridized carbons (Fsp3) is 0.200. The largest absolute Gasteiger partial charge is 0.496 e. The van der Waals surface area contributed by atoms with Crippen molar-refractivity contribution >= 4 is 17.9 Å². The summed E-state index contributed by atoms with van der Waals surface area (Å²) in [6, 6.07) is 11.9. The van der Waals surface area contributed by atoms with Crippen LogP contribution in [0.2, 0.25) is 0 Å². The lowest BCUT2D eigenvalue weighted by Crippen LogP contribution is -2.36. The molecule has 0 bridgehead atoms. The number of aliphatic hydroxyl groups is 1. The molecule has 0 fully saturated rings. The Balaban J connectivity index is 1.88. The van der Waals surface area contributed by atoms with Crippen molar-refractivity contribution in [1.29, 1.82) is 0 Å². The van der Waals surface area contributed by atoms with Crippen molar-refractivity contribution in [3.05, 3.63) is 59.3 Å². The van der Waals surface area contributed by atoms with E-state index >= 15 is 0 Å². The highest BCUT2D eigenvalue weighted by Crippen LogP contribution is 2.33. The maximum absolute atomic E-state index is 12.7. The highest BCUT2D eigenvalue weighted by molar-refractivity contribution is 6.06. The van der Waals surface area contributed by atoms with Crippen molar-refractivity contribution in [1.82, 2.24) is 10.6 Å². The summed E-state index contributed by atoms with van der Waals surface area (Å²) in [6.07, 6.45) is 1.52. The van der Waals surface area contributed by atoms with Gasteiger partial charge in [0.1, 0.15) is 11.4 Å². The lowest BCUT2D eigenvalue weighted by atomic mass is 10.1. The first-order chi connectivity index (χ1) is 13.6. The van der Waals surface area contributed by atoms with Gasteiger partial charge in [-0.2, -0.15) is 0 Å². The molecule has 8 nitrogen and oxygen atoms in total. The molecule has 2 aromatic rings. The number of hydrogen-bond acceptors (Lipinski definition) is 6. The SMILES string of the molecule is COc1ccccc1C(=O)NC(=Cc1ccc2c(c1)OCO2)C(=O)NCCO. The Morgan fingerprint density at radius 2 is 1.96 bits per heavy atom. The quantitative estimate of drug-likeness (QED) is 0.622. The van der Waals surface area contributed by atoms with Crippen molar-refractivity contribution < 1.29 is 28.9 Å². The topological polar surface area (TPSA) is 106 Å². The van der Waals surface area contributed by atoms with Crippen LogP contribution in [0.5, 0.6) is 17.2 Å². The summed E-state index contributed by atoms with van der Waals surface area (Å²) >= 11 is 0. The van der Waals surface area contributed by atoms with Gasteiger partial charge in [0, 0.05) is 6.54 Å². The van der Waals surface area contributed by atoms with Crippen LogP contribution in [0.25, 0.3) is 6.08 Å². The number of hydrogen-bond donors (Lipinski definition) is 3. The second kappa shape index (κ2) is 8.92. The van der Waals surface area contributed by atoms with Crippen molar-refractivity contribution in [2.24, 2.45) is 0 Å². The molecule has 0 aliphatic carbocycles. The van der Waals surface area contributed by atoms with Gasteiger partial charge in [-0.05, 0) is 35.9 Å². The van der Waals surface area contributed by atoms with Crippen molar-refractivity contribution in [3.63, 3.8) is 0 Å². The van der Waals surface area contributed by atoms with E-state index < -0.39 is 11.8 Å². The fourth-order valence-corrected chi connectivity index (χ4v) is 2.61. The van der Waals surface area contributed by atoms with E-state index in [-0.39, 0.29) is 31.2 Å². The maximum atomic E-state index is 12.7. The summed E-state index contributed by atoms with van der Waals surface area (Å²) in [4.78, 5) is 25.2. The summed E-state index contributed by atoms with van der Waals surface area (Å²) in [6.45, 7) is -0.0256. The molecule has 8 heteroatoms. The minimum absolute atomic E-state index is 0.0169. The number of methoxy groups -OCH3 is 1. The molecule has 2 aromatic carbocycles. The average Bonchev–Trinajstić information content (AvgIpc) is 3.19. The van der Waals surface area contributed by atoms with Crippen LogP contribution in [0.4, 0.5) is 0 Å². The van der Waals surface area contributed by atoms with E-state index in [9.17, 15) is 9.59 Å². The number of benzene rings is 2. The molecule has 1 aliphatic rings. The monoisotopic (exact) mass is 384 g/mol. The zero-order chi connectivity index (χ0) is 19.9. The standard InChI is InChI=1S/C20H20N2O6/c1-26-16-5-3-2-4-14(16)19(24)22-15(20(25)21-8-9-23)10-13-6-7-17-18(11-13)28-12-27-17/h2-7,10-11,23H,8-9,12H2,1H3,(H,21,25)(H,22,24). The molecule has 0 radical (unpaired) electrons. The molecule has 0 spiro atoms. The van der Waals surface area contributed by atoms with E-state index in [1.165, 1.54) is 13.2 Å². The third kappa shape index (κ3) is 4.41. The third-order valence-corrected chi connectivity index (χ3v) is 3.95. The smallest absolute Gasteiger partial charge is 0.267 e.